The van der Waals surface area contributed by atoms with Crippen LogP contribution < -0.4 is 0 Å². The first kappa shape index (κ1) is 23.9. The molecule has 2 heterocycles. The zero-order chi connectivity index (χ0) is 23.3. The summed E-state index contributed by atoms with van der Waals surface area (Å²) in [4.78, 5) is 17.0. The number of likely N-dealkylation sites (N-methyl/N-ethyl adjacent to an activating group) is 1. The van der Waals surface area contributed by atoms with Gasteiger partial charge in [-0.15, -0.1) is 0 Å². The van der Waals surface area contributed by atoms with Crippen molar-refractivity contribution in [3.8, 4) is 0 Å². The number of rotatable bonds is 9. The first-order chi connectivity index (χ1) is 15.9. The van der Waals surface area contributed by atoms with Crippen LogP contribution in [0.4, 0.5) is 0 Å². The Morgan fingerprint density at radius 1 is 0.970 bits per heavy atom. The van der Waals surface area contributed by atoms with Gasteiger partial charge in [-0.1, -0.05) is 48.5 Å². The molecule has 4 rings (SSSR count). The predicted octanol–water partition coefficient (Wildman–Crippen LogP) is 3.57. The van der Waals surface area contributed by atoms with E-state index >= 15 is 0 Å². The third-order valence-electron chi connectivity index (χ3n) is 7.10. The molecular weight excluding hydrogens is 434 g/mol. The van der Waals surface area contributed by atoms with Crippen molar-refractivity contribution in [3.05, 3.63) is 66.2 Å². The van der Waals surface area contributed by atoms with Gasteiger partial charge < -0.3 is 9.80 Å². The van der Waals surface area contributed by atoms with Crippen molar-refractivity contribution in [2.75, 3.05) is 39.8 Å². The van der Waals surface area contributed by atoms with Crippen molar-refractivity contribution >= 4 is 15.9 Å². The lowest BCUT2D eigenvalue weighted by atomic mass is 9.94. The molecule has 2 aromatic carbocycles. The fraction of sp³-hybridized carbons (Fsp3) is 0.500. The van der Waals surface area contributed by atoms with Gasteiger partial charge in [0.15, 0.2) is 0 Å². The van der Waals surface area contributed by atoms with Crippen molar-refractivity contribution in [1.29, 1.82) is 0 Å². The second-order valence-corrected chi connectivity index (χ2v) is 11.3. The van der Waals surface area contributed by atoms with Crippen molar-refractivity contribution in [2.24, 2.45) is 0 Å². The predicted molar refractivity (Wildman–Crippen MR) is 130 cm³/mol. The third kappa shape index (κ3) is 5.83. The van der Waals surface area contributed by atoms with Gasteiger partial charge in [0.25, 0.3) is 0 Å². The molecule has 178 valence electrons. The summed E-state index contributed by atoms with van der Waals surface area (Å²) < 4.78 is 27.6. The van der Waals surface area contributed by atoms with E-state index in [0.29, 0.717) is 29.8 Å². The van der Waals surface area contributed by atoms with E-state index in [1.54, 1.807) is 31.3 Å². The summed E-state index contributed by atoms with van der Waals surface area (Å²) in [5.74, 6) is 0.438. The topological polar surface area (TPSA) is 60.9 Å². The number of sulfonamides is 1. The molecule has 0 spiro atoms. The van der Waals surface area contributed by atoms with E-state index in [4.69, 9.17) is 0 Å². The minimum Gasteiger partial charge on any atom is -0.340 e. The molecule has 0 aliphatic carbocycles. The maximum atomic E-state index is 13.1. The Kier molecular flexibility index (Phi) is 7.83. The average molecular weight is 470 g/mol. The second-order valence-electron chi connectivity index (χ2n) is 9.26. The molecule has 0 saturated carbocycles. The maximum Gasteiger partial charge on any atom is 0.242 e. The Morgan fingerprint density at radius 2 is 1.61 bits per heavy atom. The van der Waals surface area contributed by atoms with E-state index in [0.717, 1.165) is 51.9 Å². The average Bonchev–Trinajstić information content (AvgIpc) is 3.28. The minimum atomic E-state index is -3.52. The molecule has 0 aromatic heterocycles. The highest BCUT2D eigenvalue weighted by atomic mass is 32.2. The Morgan fingerprint density at radius 3 is 2.21 bits per heavy atom. The minimum absolute atomic E-state index is 0.118. The number of hydrogen-bond donors (Lipinski definition) is 0. The molecule has 7 heteroatoms. The summed E-state index contributed by atoms with van der Waals surface area (Å²) in [5.41, 5.74) is 1.17. The van der Waals surface area contributed by atoms with E-state index in [1.807, 2.05) is 24.3 Å². The van der Waals surface area contributed by atoms with Gasteiger partial charge in [-0.3, -0.25) is 4.79 Å². The first-order valence-corrected chi connectivity index (χ1v) is 13.5. The van der Waals surface area contributed by atoms with Crippen LogP contribution in [-0.2, 0) is 14.8 Å². The molecule has 33 heavy (non-hydrogen) atoms. The van der Waals surface area contributed by atoms with E-state index in [1.165, 1.54) is 9.87 Å². The highest BCUT2D eigenvalue weighted by Gasteiger charge is 2.31. The second kappa shape index (κ2) is 10.8. The van der Waals surface area contributed by atoms with Crippen LogP contribution in [0.5, 0.6) is 0 Å². The lowest BCUT2D eigenvalue weighted by Crippen LogP contribution is -2.45. The van der Waals surface area contributed by atoms with Gasteiger partial charge in [-0.2, -0.15) is 0 Å². The quantitative estimate of drug-likeness (QED) is 0.563. The molecule has 2 fully saturated rings. The molecule has 0 radical (unpaired) electrons. The van der Waals surface area contributed by atoms with Crippen LogP contribution in [0.1, 0.15) is 43.6 Å². The largest absolute Gasteiger partial charge is 0.340 e. The van der Waals surface area contributed by atoms with E-state index < -0.39 is 10.0 Å². The zero-order valence-corrected chi connectivity index (χ0v) is 20.3. The van der Waals surface area contributed by atoms with Gasteiger partial charge in [-0.25, -0.2) is 12.7 Å². The number of piperidine rings is 1. The molecule has 2 saturated heterocycles. The number of nitrogens with zero attached hydrogens (tertiary/aromatic N) is 3. The van der Waals surface area contributed by atoms with Gasteiger partial charge in [0.1, 0.15) is 0 Å². The summed E-state index contributed by atoms with van der Waals surface area (Å²) >= 11 is 0. The zero-order valence-electron chi connectivity index (χ0n) is 19.5. The first-order valence-electron chi connectivity index (χ1n) is 12.0. The summed E-state index contributed by atoms with van der Waals surface area (Å²) in [6.07, 6.45) is 4.66. The number of likely N-dealkylation sites (tertiary alicyclic amines) is 2. The Bertz CT molecular complexity index is 1010. The summed E-state index contributed by atoms with van der Waals surface area (Å²) in [6.45, 7) is 4.28. The molecule has 1 unspecified atom stereocenters. The summed E-state index contributed by atoms with van der Waals surface area (Å²) in [5, 5.41) is 0. The molecule has 0 bridgehead atoms. The van der Waals surface area contributed by atoms with Gasteiger partial charge in [0.2, 0.25) is 15.9 Å². The van der Waals surface area contributed by atoms with Crippen molar-refractivity contribution < 1.29 is 13.2 Å². The van der Waals surface area contributed by atoms with E-state index in [-0.39, 0.29) is 5.92 Å². The van der Waals surface area contributed by atoms with Crippen molar-refractivity contribution in [3.63, 3.8) is 0 Å². The molecule has 1 amide bonds. The molecule has 6 nitrogen and oxygen atoms in total. The Labute approximate surface area is 198 Å². The van der Waals surface area contributed by atoms with Crippen molar-refractivity contribution in [2.45, 2.75) is 49.0 Å². The van der Waals surface area contributed by atoms with Crippen LogP contribution in [0.15, 0.2) is 65.6 Å². The van der Waals surface area contributed by atoms with Crippen LogP contribution >= 0.6 is 0 Å². The van der Waals surface area contributed by atoms with Gasteiger partial charge >= 0.3 is 0 Å². The molecule has 2 aliphatic rings. The number of benzene rings is 2. The number of carbonyl (C=O) groups excluding carboxylic acids is 1. The molecule has 2 aromatic rings. The molecule has 2 aliphatic heterocycles. The number of amides is 1. The lowest BCUT2D eigenvalue weighted by molar-refractivity contribution is -0.130. The normalized spacial score (nSPS) is 19.3. The van der Waals surface area contributed by atoms with E-state index in [2.05, 4.69) is 21.9 Å². The SMILES string of the molecule is CN(CC(CCN1CCC(N2CCCC2=O)CC1)c1ccccc1)S(=O)(=O)c1ccccc1. The van der Waals surface area contributed by atoms with Crippen molar-refractivity contribution in [1.82, 2.24) is 14.1 Å². The monoisotopic (exact) mass is 469 g/mol. The van der Waals surface area contributed by atoms with Crippen LogP contribution in [0.3, 0.4) is 0 Å². The number of hydrogen-bond acceptors (Lipinski definition) is 4. The Hall–Kier alpha value is -2.22. The highest BCUT2D eigenvalue weighted by Crippen LogP contribution is 2.26. The van der Waals surface area contributed by atoms with Crippen LogP contribution in [0.25, 0.3) is 0 Å². The van der Waals surface area contributed by atoms with Crippen LogP contribution in [-0.4, -0.2) is 74.2 Å². The molecule has 1 atom stereocenters. The fourth-order valence-corrected chi connectivity index (χ4v) is 6.35. The number of carbonyl (C=O) groups is 1. The lowest BCUT2D eigenvalue weighted by Gasteiger charge is -2.37. The molecular formula is C26H35N3O3S. The van der Waals surface area contributed by atoms with Crippen LogP contribution in [0, 0.1) is 0 Å². The van der Waals surface area contributed by atoms with Gasteiger partial charge in [-0.05, 0) is 55.8 Å². The smallest absolute Gasteiger partial charge is 0.242 e. The van der Waals surface area contributed by atoms with Crippen LogP contribution in [0.2, 0.25) is 0 Å². The summed E-state index contributed by atoms with van der Waals surface area (Å²) in [7, 11) is -1.85. The Balaban J connectivity index is 1.37. The highest BCUT2D eigenvalue weighted by molar-refractivity contribution is 7.89. The van der Waals surface area contributed by atoms with Gasteiger partial charge in [0, 0.05) is 45.7 Å². The summed E-state index contributed by atoms with van der Waals surface area (Å²) in [6, 6.07) is 19.3. The third-order valence-corrected chi connectivity index (χ3v) is 8.94. The van der Waals surface area contributed by atoms with Gasteiger partial charge in [0.05, 0.1) is 4.90 Å². The fourth-order valence-electron chi connectivity index (χ4n) is 5.12. The maximum absolute atomic E-state index is 13.1. The molecule has 0 N–H and O–H groups in total. The standard InChI is InChI=1S/C26H35N3O3S/c1-27(33(31,32)25-11-6-3-7-12-25)21-23(22-9-4-2-5-10-22)14-18-28-19-15-24(16-20-28)29-17-8-13-26(29)30/h2-7,9-12,23-24H,8,13-21H2,1H3. The van der Waals surface area contributed by atoms with E-state index in [9.17, 15) is 13.2 Å².